The Bertz CT molecular complexity index is 883. The van der Waals surface area contributed by atoms with Crippen LogP contribution in [0.5, 0.6) is 5.75 Å². The van der Waals surface area contributed by atoms with Crippen LogP contribution in [0, 0.1) is 0 Å². The number of halogens is 1. The van der Waals surface area contributed by atoms with E-state index in [2.05, 4.69) is 10.0 Å². The Kier molecular flexibility index (Phi) is 6.50. The Hall–Kier alpha value is -2.25. The van der Waals surface area contributed by atoms with E-state index in [1.165, 1.54) is 18.2 Å². The lowest BCUT2D eigenvalue weighted by Gasteiger charge is -2.18. The summed E-state index contributed by atoms with van der Waals surface area (Å²) in [5.74, 6) is 0.413. The van der Waals surface area contributed by atoms with Gasteiger partial charge in [0.25, 0.3) is 5.91 Å². The van der Waals surface area contributed by atoms with Gasteiger partial charge in [-0.05, 0) is 42.3 Å². The number of sulfonamides is 1. The molecule has 1 unspecified atom stereocenters. The summed E-state index contributed by atoms with van der Waals surface area (Å²) in [6, 6.07) is 11.7. The average molecular weight is 397 g/mol. The second kappa shape index (κ2) is 8.42. The predicted molar refractivity (Wildman–Crippen MR) is 103 cm³/mol. The van der Waals surface area contributed by atoms with Crippen LogP contribution in [0.4, 0.5) is 5.69 Å². The van der Waals surface area contributed by atoms with Gasteiger partial charge in [-0.3, -0.25) is 9.52 Å². The largest absolute Gasteiger partial charge is 0.497 e. The van der Waals surface area contributed by atoms with Crippen molar-refractivity contribution in [1.29, 1.82) is 0 Å². The maximum Gasteiger partial charge on any atom is 0.253 e. The number of benzene rings is 2. The van der Waals surface area contributed by atoms with E-state index in [0.29, 0.717) is 12.1 Å². The van der Waals surface area contributed by atoms with Crippen molar-refractivity contribution in [2.45, 2.75) is 19.4 Å². The molecule has 0 saturated heterocycles. The maximum atomic E-state index is 12.6. The van der Waals surface area contributed by atoms with Crippen molar-refractivity contribution >= 4 is 33.2 Å². The van der Waals surface area contributed by atoms with E-state index < -0.39 is 10.0 Å². The first-order chi connectivity index (χ1) is 12.2. The first-order valence-electron chi connectivity index (χ1n) is 7.95. The van der Waals surface area contributed by atoms with Gasteiger partial charge in [-0.25, -0.2) is 8.42 Å². The Labute approximate surface area is 158 Å². The molecule has 2 aromatic rings. The Morgan fingerprint density at radius 3 is 2.35 bits per heavy atom. The van der Waals surface area contributed by atoms with Gasteiger partial charge in [0.1, 0.15) is 5.75 Å². The zero-order valence-electron chi connectivity index (χ0n) is 14.7. The summed E-state index contributed by atoms with van der Waals surface area (Å²) in [5.41, 5.74) is 1.53. The van der Waals surface area contributed by atoms with Gasteiger partial charge in [-0.15, -0.1) is 0 Å². The molecule has 2 rings (SSSR count). The lowest BCUT2D eigenvalue weighted by atomic mass is 10.0. The quantitative estimate of drug-likeness (QED) is 0.748. The van der Waals surface area contributed by atoms with E-state index in [9.17, 15) is 13.2 Å². The van der Waals surface area contributed by atoms with Crippen LogP contribution in [-0.2, 0) is 10.0 Å². The summed E-state index contributed by atoms with van der Waals surface area (Å²) in [4.78, 5) is 12.6. The summed E-state index contributed by atoms with van der Waals surface area (Å²) in [5, 5.41) is 3.11. The van der Waals surface area contributed by atoms with E-state index in [-0.39, 0.29) is 22.5 Å². The lowest BCUT2D eigenvalue weighted by molar-refractivity contribution is 0.0935. The molecule has 0 spiro atoms. The van der Waals surface area contributed by atoms with Crippen molar-refractivity contribution in [3.8, 4) is 5.75 Å². The number of ether oxygens (including phenoxy) is 1. The molecule has 1 amide bonds. The standard InChI is InChI=1S/C18H21ClN2O4S/c1-4-17(12-5-8-14(25-2)9-6-12)20-18(22)15-10-7-13(11-16(15)19)21-26(3,23)24/h5-11,17,21H,4H2,1-3H3,(H,20,22). The summed E-state index contributed by atoms with van der Waals surface area (Å²) in [6.45, 7) is 1.97. The van der Waals surface area contributed by atoms with Crippen LogP contribution in [0.25, 0.3) is 0 Å². The predicted octanol–water partition coefficient (Wildman–Crippen LogP) is 3.60. The van der Waals surface area contributed by atoms with E-state index in [4.69, 9.17) is 16.3 Å². The highest BCUT2D eigenvalue weighted by Gasteiger charge is 2.17. The van der Waals surface area contributed by atoms with Crippen molar-refractivity contribution in [1.82, 2.24) is 5.32 Å². The van der Waals surface area contributed by atoms with Crippen LogP contribution in [-0.4, -0.2) is 27.7 Å². The molecule has 2 aromatic carbocycles. The number of carbonyl (C=O) groups is 1. The molecule has 0 fully saturated rings. The third-order valence-electron chi connectivity index (χ3n) is 3.75. The normalized spacial score (nSPS) is 12.3. The van der Waals surface area contributed by atoms with Crippen molar-refractivity contribution in [2.75, 3.05) is 18.1 Å². The van der Waals surface area contributed by atoms with Crippen molar-refractivity contribution in [3.05, 3.63) is 58.6 Å². The first-order valence-corrected chi connectivity index (χ1v) is 10.2. The van der Waals surface area contributed by atoms with E-state index in [0.717, 1.165) is 17.6 Å². The molecule has 0 aromatic heterocycles. The monoisotopic (exact) mass is 396 g/mol. The van der Waals surface area contributed by atoms with Crippen LogP contribution in [0.2, 0.25) is 5.02 Å². The molecule has 0 bridgehead atoms. The van der Waals surface area contributed by atoms with Crippen molar-refractivity contribution in [3.63, 3.8) is 0 Å². The third kappa shape index (κ3) is 5.37. The lowest BCUT2D eigenvalue weighted by Crippen LogP contribution is -2.28. The van der Waals surface area contributed by atoms with Crippen LogP contribution in [0.15, 0.2) is 42.5 Å². The number of methoxy groups -OCH3 is 1. The smallest absolute Gasteiger partial charge is 0.253 e. The highest BCUT2D eigenvalue weighted by Crippen LogP contribution is 2.24. The van der Waals surface area contributed by atoms with Gasteiger partial charge >= 0.3 is 0 Å². The molecule has 8 heteroatoms. The second-order valence-electron chi connectivity index (χ2n) is 5.78. The second-order valence-corrected chi connectivity index (χ2v) is 7.93. The number of hydrogen-bond donors (Lipinski definition) is 2. The molecule has 140 valence electrons. The summed E-state index contributed by atoms with van der Waals surface area (Å²) in [7, 11) is -1.82. The number of rotatable bonds is 7. The Morgan fingerprint density at radius 2 is 1.85 bits per heavy atom. The van der Waals surface area contributed by atoms with Gasteiger partial charge in [-0.1, -0.05) is 30.7 Å². The molecule has 2 N–H and O–H groups in total. The van der Waals surface area contributed by atoms with E-state index in [1.807, 2.05) is 31.2 Å². The molecule has 6 nitrogen and oxygen atoms in total. The summed E-state index contributed by atoms with van der Waals surface area (Å²) >= 11 is 6.15. The third-order valence-corrected chi connectivity index (χ3v) is 4.67. The molecule has 0 saturated carbocycles. The zero-order valence-corrected chi connectivity index (χ0v) is 16.3. The van der Waals surface area contributed by atoms with Crippen LogP contribution >= 0.6 is 11.6 Å². The first kappa shape index (κ1) is 20.1. The summed E-state index contributed by atoms with van der Waals surface area (Å²) in [6.07, 6.45) is 1.74. The van der Waals surface area contributed by atoms with Gasteiger partial charge in [0.05, 0.1) is 30.0 Å². The van der Waals surface area contributed by atoms with Gasteiger partial charge < -0.3 is 10.1 Å². The Morgan fingerprint density at radius 1 is 1.19 bits per heavy atom. The zero-order chi connectivity index (χ0) is 19.3. The fourth-order valence-corrected chi connectivity index (χ4v) is 3.29. The van der Waals surface area contributed by atoms with E-state index >= 15 is 0 Å². The number of nitrogens with one attached hydrogen (secondary N) is 2. The molecule has 26 heavy (non-hydrogen) atoms. The topological polar surface area (TPSA) is 84.5 Å². The Balaban J connectivity index is 2.16. The maximum absolute atomic E-state index is 12.6. The average Bonchev–Trinajstić information content (AvgIpc) is 2.58. The SMILES string of the molecule is CCC(NC(=O)c1ccc(NS(C)(=O)=O)cc1Cl)c1ccc(OC)cc1. The minimum absolute atomic E-state index is 0.167. The molecular weight excluding hydrogens is 376 g/mol. The van der Waals surface area contributed by atoms with Gasteiger partial charge in [0.15, 0.2) is 0 Å². The number of carbonyl (C=O) groups excluding carboxylic acids is 1. The highest BCUT2D eigenvalue weighted by molar-refractivity contribution is 7.92. The van der Waals surface area contributed by atoms with Gasteiger partial charge in [0, 0.05) is 5.69 Å². The van der Waals surface area contributed by atoms with Crippen LogP contribution < -0.4 is 14.8 Å². The molecule has 0 radical (unpaired) electrons. The van der Waals surface area contributed by atoms with Crippen LogP contribution in [0.3, 0.4) is 0 Å². The fourth-order valence-electron chi connectivity index (χ4n) is 2.47. The van der Waals surface area contributed by atoms with E-state index in [1.54, 1.807) is 7.11 Å². The molecular formula is C18H21ClN2O4S. The van der Waals surface area contributed by atoms with Crippen molar-refractivity contribution < 1.29 is 17.9 Å². The fraction of sp³-hybridized carbons (Fsp3) is 0.278. The molecule has 0 aliphatic rings. The van der Waals surface area contributed by atoms with Gasteiger partial charge in [-0.2, -0.15) is 0 Å². The summed E-state index contributed by atoms with van der Waals surface area (Å²) < 4.78 is 30.0. The molecule has 0 aliphatic heterocycles. The highest BCUT2D eigenvalue weighted by atomic mass is 35.5. The molecule has 0 heterocycles. The number of anilines is 1. The molecule has 1 atom stereocenters. The number of amides is 1. The molecule has 0 aliphatic carbocycles. The minimum Gasteiger partial charge on any atom is -0.497 e. The minimum atomic E-state index is -3.41. The van der Waals surface area contributed by atoms with Gasteiger partial charge in [0.2, 0.25) is 10.0 Å². The van der Waals surface area contributed by atoms with Crippen LogP contribution in [0.1, 0.15) is 35.3 Å². The van der Waals surface area contributed by atoms with Crippen molar-refractivity contribution in [2.24, 2.45) is 0 Å². The number of hydrogen-bond acceptors (Lipinski definition) is 4.